The molecule has 4 rings (SSSR count). The molecule has 31 heavy (non-hydrogen) atoms. The summed E-state index contributed by atoms with van der Waals surface area (Å²) in [5.74, 6) is 0.836. The summed E-state index contributed by atoms with van der Waals surface area (Å²) in [5, 5.41) is 1.28. The number of anilines is 2. The van der Waals surface area contributed by atoms with Gasteiger partial charge in [0.15, 0.2) is 0 Å². The Kier molecular flexibility index (Phi) is 6.01. The Morgan fingerprint density at radius 3 is 2.55 bits per heavy atom. The van der Waals surface area contributed by atoms with E-state index in [4.69, 9.17) is 0 Å². The fraction of sp³-hybridized carbons (Fsp3) is 0.440. The lowest BCUT2D eigenvalue weighted by molar-refractivity contribution is -0.126. The van der Waals surface area contributed by atoms with Crippen LogP contribution in [-0.4, -0.2) is 59.5 Å². The van der Waals surface area contributed by atoms with Gasteiger partial charge in [0.1, 0.15) is 5.82 Å². The van der Waals surface area contributed by atoms with Gasteiger partial charge in [-0.05, 0) is 37.3 Å². The number of rotatable bonds is 5. The summed E-state index contributed by atoms with van der Waals surface area (Å²) in [6.07, 6.45) is 3.76. The van der Waals surface area contributed by atoms with Crippen molar-refractivity contribution >= 4 is 28.3 Å². The van der Waals surface area contributed by atoms with E-state index in [1.165, 1.54) is 16.6 Å². The average molecular weight is 420 g/mol. The molecule has 0 saturated carbocycles. The van der Waals surface area contributed by atoms with E-state index in [-0.39, 0.29) is 11.9 Å². The number of fused-ring (bicyclic) bond motifs is 1. The van der Waals surface area contributed by atoms with E-state index >= 15 is 0 Å². The number of nitrogens with one attached hydrogen (secondary N) is 1. The lowest BCUT2D eigenvalue weighted by atomic mass is 9.94. The molecule has 0 radical (unpaired) electrons. The zero-order chi connectivity index (χ0) is 22.0. The predicted molar refractivity (Wildman–Crippen MR) is 128 cm³/mol. The van der Waals surface area contributed by atoms with Crippen LogP contribution in [-0.2, 0) is 4.79 Å². The van der Waals surface area contributed by atoms with Crippen molar-refractivity contribution in [1.29, 1.82) is 0 Å². The number of piperazine rings is 1. The largest absolute Gasteiger partial charge is 0.368 e. The third-order valence-electron chi connectivity index (χ3n) is 6.11. The first-order valence-corrected chi connectivity index (χ1v) is 11.1. The lowest BCUT2D eigenvalue weighted by Crippen LogP contribution is -2.54. The molecule has 0 aliphatic carbocycles. The predicted octanol–water partition coefficient (Wildman–Crippen LogP) is 4.15. The number of hydrogen-bond donors (Lipinski definition) is 1. The van der Waals surface area contributed by atoms with Crippen molar-refractivity contribution in [1.82, 2.24) is 14.9 Å². The molecule has 1 aliphatic heterocycles. The third-order valence-corrected chi connectivity index (χ3v) is 6.11. The number of hydrogen-bond acceptors (Lipinski definition) is 4. The van der Waals surface area contributed by atoms with E-state index < -0.39 is 5.41 Å². The smallest absolute Gasteiger partial charge is 0.233 e. The van der Waals surface area contributed by atoms with Gasteiger partial charge in [0.05, 0.1) is 0 Å². The van der Waals surface area contributed by atoms with Crippen molar-refractivity contribution in [3.05, 3.63) is 54.9 Å². The van der Waals surface area contributed by atoms with Crippen molar-refractivity contribution in [2.45, 2.75) is 33.7 Å². The maximum atomic E-state index is 13.2. The normalized spacial score (nSPS) is 16.5. The van der Waals surface area contributed by atoms with Crippen LogP contribution in [0.2, 0.25) is 0 Å². The third kappa shape index (κ3) is 4.59. The maximum absolute atomic E-state index is 13.2. The Morgan fingerprint density at radius 2 is 1.87 bits per heavy atom. The molecule has 1 atom stereocenters. The van der Waals surface area contributed by atoms with Crippen LogP contribution in [0.15, 0.2) is 54.9 Å². The van der Waals surface area contributed by atoms with Crippen LogP contribution in [0.5, 0.6) is 0 Å². The molecule has 3 aromatic rings. The molecule has 164 valence electrons. The van der Waals surface area contributed by atoms with Gasteiger partial charge < -0.3 is 9.88 Å². The number of nitrogens with zero attached hydrogens (tertiary/aromatic N) is 4. The lowest BCUT2D eigenvalue weighted by Gasteiger charge is -2.41. The highest BCUT2D eigenvalue weighted by Gasteiger charge is 2.32. The number of H-pyrrole nitrogens is 1. The van der Waals surface area contributed by atoms with Crippen molar-refractivity contribution < 1.29 is 4.79 Å². The highest BCUT2D eigenvalue weighted by molar-refractivity contribution is 5.96. The van der Waals surface area contributed by atoms with Gasteiger partial charge in [-0.1, -0.05) is 32.9 Å². The van der Waals surface area contributed by atoms with Gasteiger partial charge in [-0.2, -0.15) is 0 Å². The summed E-state index contributed by atoms with van der Waals surface area (Å²) in [7, 11) is 0. The van der Waals surface area contributed by atoms with E-state index in [1.807, 2.05) is 50.1 Å². The van der Waals surface area contributed by atoms with Gasteiger partial charge >= 0.3 is 0 Å². The standard InChI is InChI=1S/C25H33N5O/c1-19(18-30(24(31)25(2,3)4)23-10-5-6-12-27-23)28-14-16-29(17-15-28)22-9-7-8-21-20(22)11-13-26-21/h5-13,19,26H,14-18H2,1-4H3/t19-/m1/s1. The molecule has 1 fully saturated rings. The maximum Gasteiger partial charge on any atom is 0.233 e. The Labute approximate surface area is 184 Å². The molecule has 6 heteroatoms. The molecule has 1 aromatic carbocycles. The summed E-state index contributed by atoms with van der Waals surface area (Å²) >= 11 is 0. The Balaban J connectivity index is 1.44. The SMILES string of the molecule is C[C@H](CN(C(=O)C(C)(C)C)c1ccccn1)N1CCN(c2cccc3[nH]ccc23)CC1. The minimum Gasteiger partial charge on any atom is -0.368 e. The first-order valence-electron chi connectivity index (χ1n) is 11.1. The molecule has 1 N–H and O–H groups in total. The minimum atomic E-state index is -0.453. The zero-order valence-electron chi connectivity index (χ0n) is 19.0. The summed E-state index contributed by atoms with van der Waals surface area (Å²) in [6.45, 7) is 12.7. The van der Waals surface area contributed by atoms with Crippen LogP contribution >= 0.6 is 0 Å². The van der Waals surface area contributed by atoms with E-state index in [0.29, 0.717) is 6.54 Å². The Bertz CT molecular complexity index is 1020. The van der Waals surface area contributed by atoms with Gasteiger partial charge in [0, 0.05) is 73.2 Å². The summed E-state index contributed by atoms with van der Waals surface area (Å²) in [4.78, 5) is 27.8. The highest BCUT2D eigenvalue weighted by Crippen LogP contribution is 2.28. The van der Waals surface area contributed by atoms with E-state index in [2.05, 4.69) is 51.0 Å². The second-order valence-electron chi connectivity index (χ2n) is 9.44. The van der Waals surface area contributed by atoms with Crippen molar-refractivity contribution in [2.75, 3.05) is 42.5 Å². The number of aromatic amines is 1. The molecule has 0 unspecified atom stereocenters. The molecular formula is C25H33N5O. The molecule has 1 aliphatic rings. The van der Waals surface area contributed by atoms with Crippen molar-refractivity contribution in [3.8, 4) is 0 Å². The van der Waals surface area contributed by atoms with Crippen LogP contribution in [0.3, 0.4) is 0 Å². The Morgan fingerprint density at radius 1 is 1.10 bits per heavy atom. The molecular weight excluding hydrogens is 386 g/mol. The van der Waals surface area contributed by atoms with Gasteiger partial charge in [-0.25, -0.2) is 4.98 Å². The molecule has 1 saturated heterocycles. The molecule has 0 spiro atoms. The van der Waals surface area contributed by atoms with Crippen molar-refractivity contribution in [3.63, 3.8) is 0 Å². The van der Waals surface area contributed by atoms with Crippen LogP contribution in [0, 0.1) is 5.41 Å². The van der Waals surface area contributed by atoms with E-state index in [9.17, 15) is 4.79 Å². The fourth-order valence-corrected chi connectivity index (χ4v) is 4.33. The fourth-order valence-electron chi connectivity index (χ4n) is 4.33. The minimum absolute atomic E-state index is 0.107. The second kappa shape index (κ2) is 8.71. The highest BCUT2D eigenvalue weighted by atomic mass is 16.2. The Hall–Kier alpha value is -2.86. The van der Waals surface area contributed by atoms with Crippen LogP contribution in [0.1, 0.15) is 27.7 Å². The molecule has 3 heterocycles. The van der Waals surface area contributed by atoms with E-state index in [0.717, 1.165) is 32.0 Å². The summed E-state index contributed by atoms with van der Waals surface area (Å²) in [5.41, 5.74) is 2.02. The summed E-state index contributed by atoms with van der Waals surface area (Å²) < 4.78 is 0. The number of pyridine rings is 1. The number of carbonyl (C=O) groups excluding carboxylic acids is 1. The molecule has 1 amide bonds. The number of benzene rings is 1. The molecule has 6 nitrogen and oxygen atoms in total. The number of carbonyl (C=O) groups is 1. The monoisotopic (exact) mass is 419 g/mol. The first kappa shape index (κ1) is 21.4. The van der Waals surface area contributed by atoms with Gasteiger partial charge in [0.2, 0.25) is 5.91 Å². The van der Waals surface area contributed by atoms with Gasteiger partial charge in [-0.3, -0.25) is 14.6 Å². The van der Waals surface area contributed by atoms with E-state index in [1.54, 1.807) is 6.20 Å². The van der Waals surface area contributed by atoms with Crippen LogP contribution in [0.25, 0.3) is 10.9 Å². The molecule has 0 bridgehead atoms. The topological polar surface area (TPSA) is 55.5 Å². The van der Waals surface area contributed by atoms with Crippen LogP contribution < -0.4 is 9.80 Å². The first-order chi connectivity index (χ1) is 14.8. The van der Waals surface area contributed by atoms with Gasteiger partial charge in [0.25, 0.3) is 0 Å². The van der Waals surface area contributed by atoms with Crippen LogP contribution in [0.4, 0.5) is 11.5 Å². The van der Waals surface area contributed by atoms with Crippen molar-refractivity contribution in [2.24, 2.45) is 5.41 Å². The average Bonchev–Trinajstić information content (AvgIpc) is 3.26. The van der Waals surface area contributed by atoms with Gasteiger partial charge in [-0.15, -0.1) is 0 Å². The number of amides is 1. The second-order valence-corrected chi connectivity index (χ2v) is 9.44. The quantitative estimate of drug-likeness (QED) is 0.675. The number of aromatic nitrogens is 2. The zero-order valence-corrected chi connectivity index (χ0v) is 19.0. The molecule has 2 aromatic heterocycles. The summed E-state index contributed by atoms with van der Waals surface area (Å²) in [6, 6.07) is 14.6.